The van der Waals surface area contributed by atoms with E-state index in [1.807, 2.05) is 6.92 Å². The summed E-state index contributed by atoms with van der Waals surface area (Å²) in [5.41, 5.74) is 6.55. The molecule has 0 unspecified atom stereocenters. The first kappa shape index (κ1) is 12.6. The molecule has 0 atom stereocenters. The van der Waals surface area contributed by atoms with Gasteiger partial charge in [-0.05, 0) is 25.1 Å². The third-order valence-corrected chi connectivity index (χ3v) is 2.85. The summed E-state index contributed by atoms with van der Waals surface area (Å²) in [7, 11) is 0. The lowest BCUT2D eigenvalue weighted by molar-refractivity contribution is 0.0995. The van der Waals surface area contributed by atoms with Crippen molar-refractivity contribution in [2.24, 2.45) is 5.73 Å². The molecule has 18 heavy (non-hydrogen) atoms. The van der Waals surface area contributed by atoms with Crippen LogP contribution in [0.2, 0.25) is 5.02 Å². The Morgan fingerprint density at radius 1 is 1.50 bits per heavy atom. The average Bonchev–Trinajstić information content (AvgIpc) is 2.77. The standard InChI is InChI=1S/C12H11ClFN3O/c1-2-17-11(6-10(16-17)12(15)18)7-3-4-8(13)9(14)5-7/h3-6H,2H2,1H3,(H2,15,18). The molecule has 2 aromatic rings. The second-order valence-corrected chi connectivity index (χ2v) is 4.13. The molecule has 0 aliphatic rings. The van der Waals surface area contributed by atoms with Crippen LogP contribution in [0.1, 0.15) is 17.4 Å². The Morgan fingerprint density at radius 2 is 2.22 bits per heavy atom. The van der Waals surface area contributed by atoms with Gasteiger partial charge < -0.3 is 5.73 Å². The normalized spacial score (nSPS) is 10.6. The van der Waals surface area contributed by atoms with E-state index in [2.05, 4.69) is 5.10 Å². The van der Waals surface area contributed by atoms with Gasteiger partial charge in [0.1, 0.15) is 5.82 Å². The Kier molecular flexibility index (Phi) is 3.34. The van der Waals surface area contributed by atoms with Crippen molar-refractivity contribution in [1.29, 1.82) is 0 Å². The van der Waals surface area contributed by atoms with Gasteiger partial charge in [0.2, 0.25) is 0 Å². The van der Waals surface area contributed by atoms with Crippen molar-refractivity contribution in [3.05, 3.63) is 40.8 Å². The molecule has 0 fully saturated rings. The van der Waals surface area contributed by atoms with Crippen molar-refractivity contribution in [3.63, 3.8) is 0 Å². The largest absolute Gasteiger partial charge is 0.364 e. The van der Waals surface area contributed by atoms with E-state index in [1.165, 1.54) is 18.2 Å². The molecule has 2 N–H and O–H groups in total. The molecule has 0 aliphatic carbocycles. The first-order valence-electron chi connectivity index (χ1n) is 5.36. The molecule has 94 valence electrons. The molecule has 0 saturated carbocycles. The fourth-order valence-corrected chi connectivity index (χ4v) is 1.78. The van der Waals surface area contributed by atoms with Crippen LogP contribution in [-0.4, -0.2) is 15.7 Å². The molecule has 1 amide bonds. The summed E-state index contributed by atoms with van der Waals surface area (Å²) in [4.78, 5) is 11.1. The smallest absolute Gasteiger partial charge is 0.269 e. The van der Waals surface area contributed by atoms with Crippen molar-refractivity contribution >= 4 is 17.5 Å². The maximum absolute atomic E-state index is 13.4. The zero-order chi connectivity index (χ0) is 13.3. The first-order chi connectivity index (χ1) is 8.52. The van der Waals surface area contributed by atoms with Crippen molar-refractivity contribution < 1.29 is 9.18 Å². The Labute approximate surface area is 108 Å². The monoisotopic (exact) mass is 267 g/mol. The predicted octanol–water partition coefficient (Wildman–Crippen LogP) is 2.46. The SMILES string of the molecule is CCn1nc(C(N)=O)cc1-c1ccc(Cl)c(F)c1. The molecule has 4 nitrogen and oxygen atoms in total. The van der Waals surface area contributed by atoms with Gasteiger partial charge in [-0.3, -0.25) is 9.48 Å². The summed E-state index contributed by atoms with van der Waals surface area (Å²) < 4.78 is 15.0. The van der Waals surface area contributed by atoms with E-state index < -0.39 is 11.7 Å². The number of carbonyl (C=O) groups excluding carboxylic acids is 1. The molecule has 1 aromatic carbocycles. The number of nitrogens with two attached hydrogens (primary N) is 1. The Balaban J connectivity index is 2.55. The molecule has 0 bridgehead atoms. The van der Waals surface area contributed by atoms with Gasteiger partial charge in [-0.25, -0.2) is 4.39 Å². The van der Waals surface area contributed by atoms with Gasteiger partial charge in [0.05, 0.1) is 10.7 Å². The molecule has 1 heterocycles. The molecular formula is C12H11ClFN3O. The number of primary amides is 1. The number of benzene rings is 1. The van der Waals surface area contributed by atoms with Crippen LogP contribution in [0, 0.1) is 5.82 Å². The maximum Gasteiger partial charge on any atom is 0.269 e. The summed E-state index contributed by atoms with van der Waals surface area (Å²) in [6.45, 7) is 2.42. The highest BCUT2D eigenvalue weighted by atomic mass is 35.5. The van der Waals surface area contributed by atoms with Crippen LogP contribution in [0.5, 0.6) is 0 Å². The molecule has 0 saturated heterocycles. The second-order valence-electron chi connectivity index (χ2n) is 3.72. The van der Waals surface area contributed by atoms with E-state index in [-0.39, 0.29) is 10.7 Å². The lowest BCUT2D eigenvalue weighted by Crippen LogP contribution is -2.12. The highest BCUT2D eigenvalue weighted by Gasteiger charge is 2.13. The second kappa shape index (κ2) is 4.78. The van der Waals surface area contributed by atoms with Crippen LogP contribution in [0.15, 0.2) is 24.3 Å². The van der Waals surface area contributed by atoms with Gasteiger partial charge in [0, 0.05) is 12.1 Å². The Hall–Kier alpha value is -1.88. The van der Waals surface area contributed by atoms with Crippen LogP contribution < -0.4 is 5.73 Å². The zero-order valence-electron chi connectivity index (χ0n) is 9.65. The number of carbonyl (C=O) groups is 1. The lowest BCUT2D eigenvalue weighted by atomic mass is 10.1. The third-order valence-electron chi connectivity index (χ3n) is 2.55. The van der Waals surface area contributed by atoms with E-state index in [4.69, 9.17) is 17.3 Å². The van der Waals surface area contributed by atoms with Crippen LogP contribution in [0.3, 0.4) is 0 Å². The van der Waals surface area contributed by atoms with Crippen molar-refractivity contribution in [1.82, 2.24) is 9.78 Å². The van der Waals surface area contributed by atoms with E-state index >= 15 is 0 Å². The number of amides is 1. The fourth-order valence-electron chi connectivity index (χ4n) is 1.67. The number of aromatic nitrogens is 2. The Morgan fingerprint density at radius 3 is 2.78 bits per heavy atom. The molecule has 0 radical (unpaired) electrons. The quantitative estimate of drug-likeness (QED) is 0.929. The minimum atomic E-state index is -0.613. The number of hydrogen-bond acceptors (Lipinski definition) is 2. The third kappa shape index (κ3) is 2.22. The molecule has 6 heteroatoms. The molecule has 1 aromatic heterocycles. The summed E-state index contributed by atoms with van der Waals surface area (Å²) in [6, 6.07) is 5.97. The number of halogens is 2. The topological polar surface area (TPSA) is 60.9 Å². The van der Waals surface area contributed by atoms with Gasteiger partial charge in [-0.1, -0.05) is 17.7 Å². The van der Waals surface area contributed by atoms with Gasteiger partial charge in [0.25, 0.3) is 5.91 Å². The summed E-state index contributed by atoms with van der Waals surface area (Å²) in [6.07, 6.45) is 0. The van der Waals surface area contributed by atoms with Crippen LogP contribution in [-0.2, 0) is 6.54 Å². The van der Waals surface area contributed by atoms with E-state index in [9.17, 15) is 9.18 Å². The number of hydrogen-bond donors (Lipinski definition) is 1. The fraction of sp³-hybridized carbons (Fsp3) is 0.167. The van der Waals surface area contributed by atoms with Gasteiger partial charge >= 0.3 is 0 Å². The van der Waals surface area contributed by atoms with Crippen molar-refractivity contribution in [3.8, 4) is 11.3 Å². The van der Waals surface area contributed by atoms with E-state index in [1.54, 1.807) is 10.7 Å². The Bertz CT molecular complexity index is 609. The van der Waals surface area contributed by atoms with E-state index in [0.717, 1.165) is 0 Å². The molecule has 0 spiro atoms. The van der Waals surface area contributed by atoms with E-state index in [0.29, 0.717) is 17.8 Å². The molecular weight excluding hydrogens is 257 g/mol. The minimum Gasteiger partial charge on any atom is -0.364 e. The van der Waals surface area contributed by atoms with Crippen LogP contribution in [0.4, 0.5) is 4.39 Å². The highest BCUT2D eigenvalue weighted by molar-refractivity contribution is 6.30. The summed E-state index contributed by atoms with van der Waals surface area (Å²) in [5.74, 6) is -1.13. The maximum atomic E-state index is 13.4. The summed E-state index contributed by atoms with van der Waals surface area (Å²) >= 11 is 5.63. The molecule has 2 rings (SSSR count). The van der Waals surface area contributed by atoms with Crippen LogP contribution in [0.25, 0.3) is 11.3 Å². The van der Waals surface area contributed by atoms with Crippen LogP contribution >= 0.6 is 11.6 Å². The van der Waals surface area contributed by atoms with Gasteiger partial charge in [-0.15, -0.1) is 0 Å². The van der Waals surface area contributed by atoms with Gasteiger partial charge in [0.15, 0.2) is 5.69 Å². The van der Waals surface area contributed by atoms with Crippen molar-refractivity contribution in [2.75, 3.05) is 0 Å². The lowest BCUT2D eigenvalue weighted by Gasteiger charge is -2.05. The predicted molar refractivity (Wildman–Crippen MR) is 66.8 cm³/mol. The zero-order valence-corrected chi connectivity index (χ0v) is 10.4. The van der Waals surface area contributed by atoms with Gasteiger partial charge in [-0.2, -0.15) is 5.10 Å². The summed E-state index contributed by atoms with van der Waals surface area (Å²) in [5, 5.41) is 4.10. The first-order valence-corrected chi connectivity index (χ1v) is 5.73. The van der Waals surface area contributed by atoms with Crippen molar-refractivity contribution in [2.45, 2.75) is 13.5 Å². The minimum absolute atomic E-state index is 0.0523. The number of aryl methyl sites for hydroxylation is 1. The number of rotatable bonds is 3. The number of nitrogens with zero attached hydrogens (tertiary/aromatic N) is 2. The average molecular weight is 268 g/mol. The highest BCUT2D eigenvalue weighted by Crippen LogP contribution is 2.25. The molecule has 0 aliphatic heterocycles.